The van der Waals surface area contributed by atoms with Gasteiger partial charge in [-0.3, -0.25) is 4.79 Å². The number of hydrogen-bond donors (Lipinski definition) is 2. The minimum Gasteiger partial charge on any atom is -0.480 e. The van der Waals surface area contributed by atoms with Gasteiger partial charge in [-0.1, -0.05) is 0 Å². The molecular weight excluding hydrogens is 196 g/mol. The Bertz CT molecular complexity index is 299. The van der Waals surface area contributed by atoms with E-state index >= 15 is 0 Å². The monoisotopic (exact) mass is 212 g/mol. The number of carboxylic acids is 1. The van der Waals surface area contributed by atoms with Gasteiger partial charge in [-0.2, -0.15) is 0 Å². The number of aliphatic carboxylic acids is 1. The molecule has 0 aromatic rings. The van der Waals surface area contributed by atoms with Gasteiger partial charge in [0.1, 0.15) is 6.04 Å². The highest BCUT2D eigenvalue weighted by molar-refractivity contribution is 5.90. The van der Waals surface area contributed by atoms with Crippen molar-refractivity contribution in [3.8, 4) is 0 Å². The highest BCUT2D eigenvalue weighted by atomic mass is 16.4. The number of likely N-dealkylation sites (tertiary alicyclic amines) is 1. The van der Waals surface area contributed by atoms with Crippen LogP contribution in [0.3, 0.4) is 0 Å². The molecule has 0 spiro atoms. The number of nitrogens with zero attached hydrogens (tertiary/aromatic N) is 1. The van der Waals surface area contributed by atoms with Gasteiger partial charge < -0.3 is 15.7 Å². The van der Waals surface area contributed by atoms with Crippen LogP contribution in [0.5, 0.6) is 0 Å². The third kappa shape index (κ3) is 1.61. The predicted octanol–water partition coefficient (Wildman–Crippen LogP) is -0.199. The molecule has 15 heavy (non-hydrogen) atoms. The second kappa shape index (κ2) is 3.48. The van der Waals surface area contributed by atoms with E-state index in [1.807, 2.05) is 0 Å². The Morgan fingerprint density at radius 3 is 2.60 bits per heavy atom. The van der Waals surface area contributed by atoms with Gasteiger partial charge in [-0.25, -0.2) is 4.79 Å². The van der Waals surface area contributed by atoms with Crippen LogP contribution in [0.4, 0.5) is 0 Å². The van der Waals surface area contributed by atoms with E-state index in [2.05, 4.69) is 0 Å². The molecule has 1 amide bonds. The second-order valence-electron chi connectivity index (χ2n) is 4.48. The maximum Gasteiger partial charge on any atom is 0.326 e. The Morgan fingerprint density at radius 1 is 1.47 bits per heavy atom. The number of nitrogens with two attached hydrogens (primary N) is 1. The summed E-state index contributed by atoms with van der Waals surface area (Å²) in [5, 5.41) is 8.97. The fourth-order valence-corrected chi connectivity index (χ4v) is 2.23. The van der Waals surface area contributed by atoms with Gasteiger partial charge in [0, 0.05) is 13.1 Å². The van der Waals surface area contributed by atoms with E-state index in [1.54, 1.807) is 0 Å². The molecule has 1 aliphatic carbocycles. The van der Waals surface area contributed by atoms with Crippen molar-refractivity contribution in [3.05, 3.63) is 0 Å². The summed E-state index contributed by atoms with van der Waals surface area (Å²) in [4.78, 5) is 24.5. The van der Waals surface area contributed by atoms with Crippen LogP contribution in [0, 0.1) is 5.41 Å². The topological polar surface area (TPSA) is 83.6 Å². The lowest BCUT2D eigenvalue weighted by molar-refractivity contribution is -0.150. The zero-order valence-electron chi connectivity index (χ0n) is 8.61. The average Bonchev–Trinajstić information content (AvgIpc) is 2.86. The Hall–Kier alpha value is -1.10. The maximum absolute atomic E-state index is 12.1. The van der Waals surface area contributed by atoms with Crippen LogP contribution >= 0.6 is 0 Å². The van der Waals surface area contributed by atoms with Gasteiger partial charge in [-0.15, -0.1) is 0 Å². The van der Waals surface area contributed by atoms with Crippen LogP contribution in [0.25, 0.3) is 0 Å². The summed E-state index contributed by atoms with van der Waals surface area (Å²) in [5.41, 5.74) is 5.15. The van der Waals surface area contributed by atoms with E-state index in [0.717, 1.165) is 19.3 Å². The smallest absolute Gasteiger partial charge is 0.326 e. The number of carboxylic acid groups (broad SMARTS) is 1. The molecule has 5 heteroatoms. The number of carbonyl (C=O) groups is 2. The van der Waals surface area contributed by atoms with Crippen molar-refractivity contribution < 1.29 is 14.7 Å². The predicted molar refractivity (Wildman–Crippen MR) is 53.1 cm³/mol. The molecule has 1 saturated heterocycles. The van der Waals surface area contributed by atoms with Gasteiger partial charge in [-0.05, 0) is 25.7 Å². The van der Waals surface area contributed by atoms with Crippen molar-refractivity contribution in [1.29, 1.82) is 0 Å². The van der Waals surface area contributed by atoms with Crippen molar-refractivity contribution in [2.45, 2.75) is 31.7 Å². The first-order valence-electron chi connectivity index (χ1n) is 5.35. The van der Waals surface area contributed by atoms with E-state index in [1.165, 1.54) is 4.90 Å². The molecule has 0 aromatic carbocycles. The fraction of sp³-hybridized carbons (Fsp3) is 0.800. The highest BCUT2D eigenvalue weighted by Crippen LogP contribution is 2.47. The lowest BCUT2D eigenvalue weighted by atomic mass is 10.1. The minimum absolute atomic E-state index is 0.0464. The van der Waals surface area contributed by atoms with Crippen LogP contribution in [0.1, 0.15) is 25.7 Å². The van der Waals surface area contributed by atoms with Gasteiger partial charge >= 0.3 is 5.97 Å². The summed E-state index contributed by atoms with van der Waals surface area (Å²) in [5.74, 6) is -0.941. The first-order chi connectivity index (χ1) is 7.10. The van der Waals surface area contributed by atoms with E-state index in [9.17, 15) is 9.59 Å². The SMILES string of the molecule is NCC1(C(=O)N2CCC[C@@H]2C(=O)O)CC1. The number of carbonyl (C=O) groups excluding carboxylic acids is 1. The zero-order chi connectivity index (χ0) is 11.1. The van der Waals surface area contributed by atoms with Gasteiger partial charge in [0.05, 0.1) is 5.41 Å². The van der Waals surface area contributed by atoms with Crippen molar-refractivity contribution in [2.24, 2.45) is 11.1 Å². The third-order valence-electron chi connectivity index (χ3n) is 3.50. The molecule has 1 atom stereocenters. The van der Waals surface area contributed by atoms with Crippen molar-refractivity contribution in [3.63, 3.8) is 0 Å². The van der Waals surface area contributed by atoms with Gasteiger partial charge in [0.2, 0.25) is 5.91 Å². The molecule has 1 aliphatic heterocycles. The standard InChI is InChI=1S/C10H16N2O3/c11-6-10(3-4-10)9(15)12-5-1-2-7(12)8(13)14/h7H,1-6,11H2,(H,13,14)/t7-/m1/s1. The first kappa shape index (κ1) is 10.4. The molecule has 2 fully saturated rings. The van der Waals surface area contributed by atoms with E-state index in [-0.39, 0.29) is 5.91 Å². The summed E-state index contributed by atoms with van der Waals surface area (Å²) in [6, 6.07) is -0.624. The molecule has 0 unspecified atom stereocenters. The Morgan fingerprint density at radius 2 is 2.13 bits per heavy atom. The molecule has 1 heterocycles. The summed E-state index contributed by atoms with van der Waals surface area (Å²) in [7, 11) is 0. The van der Waals surface area contributed by atoms with Crippen LogP contribution < -0.4 is 5.73 Å². The molecule has 5 nitrogen and oxygen atoms in total. The van der Waals surface area contributed by atoms with Gasteiger partial charge in [0.15, 0.2) is 0 Å². The van der Waals surface area contributed by atoms with Crippen LogP contribution in [0.2, 0.25) is 0 Å². The molecule has 84 valence electrons. The highest BCUT2D eigenvalue weighted by Gasteiger charge is 2.52. The van der Waals surface area contributed by atoms with Crippen molar-refractivity contribution in [2.75, 3.05) is 13.1 Å². The number of rotatable bonds is 3. The number of amides is 1. The van der Waals surface area contributed by atoms with Crippen LogP contribution in [0.15, 0.2) is 0 Å². The summed E-state index contributed by atoms with van der Waals surface area (Å²) in [6.45, 7) is 0.909. The minimum atomic E-state index is -0.895. The molecular formula is C10H16N2O3. The van der Waals surface area contributed by atoms with Crippen molar-refractivity contribution >= 4 is 11.9 Å². The Balaban J connectivity index is 2.10. The van der Waals surface area contributed by atoms with E-state index in [4.69, 9.17) is 10.8 Å². The first-order valence-corrected chi connectivity index (χ1v) is 5.35. The van der Waals surface area contributed by atoms with Crippen LogP contribution in [-0.4, -0.2) is 41.0 Å². The summed E-state index contributed by atoms with van der Waals surface area (Å²) in [6.07, 6.45) is 2.97. The molecule has 3 N–H and O–H groups in total. The lowest BCUT2D eigenvalue weighted by Crippen LogP contribution is -2.46. The second-order valence-corrected chi connectivity index (χ2v) is 4.48. The summed E-state index contributed by atoms with van der Waals surface area (Å²) >= 11 is 0. The third-order valence-corrected chi connectivity index (χ3v) is 3.50. The molecule has 0 radical (unpaired) electrons. The van der Waals surface area contributed by atoms with E-state index < -0.39 is 17.4 Å². The van der Waals surface area contributed by atoms with E-state index in [0.29, 0.717) is 19.5 Å². The molecule has 0 aromatic heterocycles. The largest absolute Gasteiger partial charge is 0.480 e. The molecule has 2 aliphatic rings. The van der Waals surface area contributed by atoms with Crippen LogP contribution in [-0.2, 0) is 9.59 Å². The molecule has 2 rings (SSSR count). The van der Waals surface area contributed by atoms with Crippen molar-refractivity contribution in [1.82, 2.24) is 4.90 Å². The summed E-state index contributed by atoms with van der Waals surface area (Å²) < 4.78 is 0. The van der Waals surface area contributed by atoms with Gasteiger partial charge in [0.25, 0.3) is 0 Å². The number of hydrogen-bond acceptors (Lipinski definition) is 3. The average molecular weight is 212 g/mol. The normalized spacial score (nSPS) is 27.8. The Labute approximate surface area is 88.2 Å². The quantitative estimate of drug-likeness (QED) is 0.678. The molecule has 0 bridgehead atoms. The Kier molecular flexibility index (Phi) is 2.42. The lowest BCUT2D eigenvalue weighted by Gasteiger charge is -2.25. The fourth-order valence-electron chi connectivity index (χ4n) is 2.23. The maximum atomic E-state index is 12.1. The zero-order valence-corrected chi connectivity index (χ0v) is 8.61. The molecule has 1 saturated carbocycles.